The first-order valence-electron chi connectivity index (χ1n) is 10.7. The number of benzene rings is 2. The Hall–Kier alpha value is -2.87. The topological polar surface area (TPSA) is 86.8 Å². The number of amides is 2. The second-order valence-corrected chi connectivity index (χ2v) is 9.74. The van der Waals surface area contributed by atoms with E-state index in [-0.39, 0.29) is 19.0 Å². The third-order valence-electron chi connectivity index (χ3n) is 5.42. The highest BCUT2D eigenvalue weighted by Gasteiger charge is 2.31. The van der Waals surface area contributed by atoms with Gasteiger partial charge >= 0.3 is 0 Å². The molecule has 0 unspecified atom stereocenters. The van der Waals surface area contributed by atoms with Crippen LogP contribution in [0.25, 0.3) is 0 Å². The maximum Gasteiger partial charge on any atom is 0.244 e. The van der Waals surface area contributed by atoms with Crippen molar-refractivity contribution in [1.82, 2.24) is 10.2 Å². The number of likely N-dealkylation sites (N-methyl/N-ethyl adjacent to an activating group) is 1. The molecule has 0 aliphatic carbocycles. The molecule has 2 rings (SSSR count). The zero-order chi connectivity index (χ0) is 23.9. The number of carbonyl (C=O) groups excluding carboxylic acids is 2. The molecule has 0 heterocycles. The molecule has 7 nitrogen and oxygen atoms in total. The number of sulfonamides is 1. The van der Waals surface area contributed by atoms with Crippen LogP contribution >= 0.6 is 0 Å². The number of carbonyl (C=O) groups is 2. The molecule has 0 aliphatic rings. The van der Waals surface area contributed by atoms with Crippen LogP contribution in [0.5, 0.6) is 0 Å². The van der Waals surface area contributed by atoms with Crippen molar-refractivity contribution in [2.45, 2.75) is 46.2 Å². The van der Waals surface area contributed by atoms with Crippen LogP contribution in [-0.2, 0) is 32.6 Å². The van der Waals surface area contributed by atoms with Crippen molar-refractivity contribution in [3.8, 4) is 0 Å². The molecular formula is C24H33N3O4S. The van der Waals surface area contributed by atoms with Crippen molar-refractivity contribution in [1.29, 1.82) is 0 Å². The van der Waals surface area contributed by atoms with Crippen molar-refractivity contribution in [2.24, 2.45) is 0 Å². The van der Waals surface area contributed by atoms with Gasteiger partial charge in [0.2, 0.25) is 21.8 Å². The first kappa shape index (κ1) is 25.4. The van der Waals surface area contributed by atoms with Crippen LogP contribution in [0.2, 0.25) is 0 Å². The number of anilines is 1. The standard InChI is InChI=1S/C24H33N3O4S/c1-6-19-12-14-21(15-13-19)27(32(5,30)31)17-23(28)26(22(7-2)24(29)25-4)16-20-10-8-18(3)9-11-20/h8-15,22H,6-7,16-17H2,1-5H3,(H,25,29)/t22-/m0/s1. The van der Waals surface area contributed by atoms with Crippen LogP contribution in [-0.4, -0.2) is 51.0 Å². The van der Waals surface area contributed by atoms with E-state index in [1.165, 1.54) is 11.9 Å². The van der Waals surface area contributed by atoms with Gasteiger partial charge in [-0.05, 0) is 43.0 Å². The van der Waals surface area contributed by atoms with E-state index in [2.05, 4.69) is 5.32 Å². The summed E-state index contributed by atoms with van der Waals surface area (Å²) in [4.78, 5) is 27.4. The van der Waals surface area contributed by atoms with E-state index in [4.69, 9.17) is 0 Å². The lowest BCUT2D eigenvalue weighted by molar-refractivity contribution is -0.140. The summed E-state index contributed by atoms with van der Waals surface area (Å²) in [5.41, 5.74) is 3.44. The Morgan fingerprint density at radius 2 is 1.53 bits per heavy atom. The summed E-state index contributed by atoms with van der Waals surface area (Å²) in [6.07, 6.45) is 2.31. The van der Waals surface area contributed by atoms with E-state index in [0.29, 0.717) is 12.1 Å². The van der Waals surface area contributed by atoms with E-state index in [1.807, 2.05) is 57.2 Å². The monoisotopic (exact) mass is 459 g/mol. The molecule has 0 aromatic heterocycles. The fourth-order valence-corrected chi connectivity index (χ4v) is 4.34. The molecule has 0 spiro atoms. The minimum atomic E-state index is -3.72. The summed E-state index contributed by atoms with van der Waals surface area (Å²) in [6.45, 7) is 5.63. The third-order valence-corrected chi connectivity index (χ3v) is 6.56. The van der Waals surface area contributed by atoms with Crippen LogP contribution in [0, 0.1) is 6.92 Å². The van der Waals surface area contributed by atoms with E-state index in [0.717, 1.165) is 33.7 Å². The summed E-state index contributed by atoms with van der Waals surface area (Å²) in [7, 11) is -2.19. The van der Waals surface area contributed by atoms with Gasteiger partial charge in [0, 0.05) is 13.6 Å². The number of aryl methyl sites for hydroxylation is 2. The molecule has 174 valence electrons. The molecule has 0 saturated heterocycles. The first-order valence-corrected chi connectivity index (χ1v) is 12.6. The Morgan fingerprint density at radius 1 is 0.969 bits per heavy atom. The van der Waals surface area contributed by atoms with Crippen molar-refractivity contribution < 1.29 is 18.0 Å². The Labute approximate surface area is 191 Å². The lowest BCUT2D eigenvalue weighted by atomic mass is 10.1. The molecule has 1 N–H and O–H groups in total. The van der Waals surface area contributed by atoms with Gasteiger partial charge in [0.05, 0.1) is 11.9 Å². The number of hydrogen-bond donors (Lipinski definition) is 1. The largest absolute Gasteiger partial charge is 0.357 e. The van der Waals surface area contributed by atoms with E-state index >= 15 is 0 Å². The van der Waals surface area contributed by atoms with Gasteiger partial charge in [-0.2, -0.15) is 0 Å². The van der Waals surface area contributed by atoms with Gasteiger partial charge in [-0.3, -0.25) is 13.9 Å². The Morgan fingerprint density at radius 3 is 2.00 bits per heavy atom. The highest BCUT2D eigenvalue weighted by Crippen LogP contribution is 2.20. The summed E-state index contributed by atoms with van der Waals surface area (Å²) in [5.74, 6) is -0.725. The number of rotatable bonds is 10. The Bertz CT molecular complexity index is 1020. The summed E-state index contributed by atoms with van der Waals surface area (Å²) in [5, 5.41) is 2.61. The summed E-state index contributed by atoms with van der Waals surface area (Å²) in [6, 6.07) is 14.1. The SMILES string of the molecule is CCc1ccc(N(CC(=O)N(Cc2ccc(C)cc2)[C@@H](CC)C(=O)NC)S(C)(=O)=O)cc1. The van der Waals surface area contributed by atoms with Gasteiger partial charge in [0.15, 0.2) is 0 Å². The average Bonchev–Trinajstić information content (AvgIpc) is 2.77. The highest BCUT2D eigenvalue weighted by atomic mass is 32.2. The maximum atomic E-state index is 13.4. The molecule has 1 atom stereocenters. The summed E-state index contributed by atoms with van der Waals surface area (Å²) >= 11 is 0. The fourth-order valence-electron chi connectivity index (χ4n) is 3.49. The maximum absolute atomic E-state index is 13.4. The van der Waals surface area contributed by atoms with Crippen molar-refractivity contribution in [3.05, 3.63) is 65.2 Å². The second kappa shape index (κ2) is 11.1. The normalized spacial score (nSPS) is 12.2. The molecule has 32 heavy (non-hydrogen) atoms. The van der Waals surface area contributed by atoms with Crippen molar-refractivity contribution in [2.75, 3.05) is 24.2 Å². The smallest absolute Gasteiger partial charge is 0.244 e. The predicted octanol–water partition coefficient (Wildman–Crippen LogP) is 2.88. The van der Waals surface area contributed by atoms with E-state index in [1.54, 1.807) is 12.1 Å². The van der Waals surface area contributed by atoms with Crippen LogP contribution in [0.3, 0.4) is 0 Å². The van der Waals surface area contributed by atoms with Gasteiger partial charge in [0.25, 0.3) is 0 Å². The molecule has 0 fully saturated rings. The molecule has 0 aliphatic heterocycles. The average molecular weight is 460 g/mol. The first-order chi connectivity index (χ1) is 15.1. The molecule has 0 saturated carbocycles. The second-order valence-electron chi connectivity index (χ2n) is 7.84. The van der Waals surface area contributed by atoms with Gasteiger partial charge in [-0.15, -0.1) is 0 Å². The minimum absolute atomic E-state index is 0.206. The Kier molecular flexibility index (Phi) is 8.83. The summed E-state index contributed by atoms with van der Waals surface area (Å²) < 4.78 is 26.2. The van der Waals surface area contributed by atoms with Crippen molar-refractivity contribution in [3.63, 3.8) is 0 Å². The van der Waals surface area contributed by atoms with E-state index < -0.39 is 22.0 Å². The molecule has 2 aromatic carbocycles. The molecule has 8 heteroatoms. The van der Waals surface area contributed by atoms with Gasteiger partial charge in [-0.1, -0.05) is 55.8 Å². The molecule has 0 radical (unpaired) electrons. The van der Waals surface area contributed by atoms with Crippen LogP contribution < -0.4 is 9.62 Å². The van der Waals surface area contributed by atoms with Crippen LogP contribution in [0.15, 0.2) is 48.5 Å². The third kappa shape index (κ3) is 6.56. The minimum Gasteiger partial charge on any atom is -0.357 e. The number of nitrogens with zero attached hydrogens (tertiary/aromatic N) is 2. The van der Waals surface area contributed by atoms with Crippen LogP contribution in [0.1, 0.15) is 37.0 Å². The molecule has 2 aromatic rings. The van der Waals surface area contributed by atoms with Crippen molar-refractivity contribution >= 4 is 27.5 Å². The zero-order valence-electron chi connectivity index (χ0n) is 19.5. The predicted molar refractivity (Wildman–Crippen MR) is 128 cm³/mol. The lowest BCUT2D eigenvalue weighted by Gasteiger charge is -2.32. The van der Waals surface area contributed by atoms with Gasteiger partial charge in [-0.25, -0.2) is 8.42 Å². The number of hydrogen-bond acceptors (Lipinski definition) is 4. The highest BCUT2D eigenvalue weighted by molar-refractivity contribution is 7.92. The quantitative estimate of drug-likeness (QED) is 0.592. The molecular weight excluding hydrogens is 426 g/mol. The van der Waals surface area contributed by atoms with Crippen LogP contribution in [0.4, 0.5) is 5.69 Å². The van der Waals surface area contributed by atoms with Gasteiger partial charge < -0.3 is 10.2 Å². The van der Waals surface area contributed by atoms with E-state index in [9.17, 15) is 18.0 Å². The fraction of sp³-hybridized carbons (Fsp3) is 0.417. The molecule has 0 bridgehead atoms. The number of nitrogens with one attached hydrogen (secondary N) is 1. The van der Waals surface area contributed by atoms with Gasteiger partial charge in [0.1, 0.15) is 12.6 Å². The zero-order valence-corrected chi connectivity index (χ0v) is 20.3. The molecule has 2 amide bonds. The lowest BCUT2D eigenvalue weighted by Crippen LogP contribution is -2.51. The Balaban J connectivity index is 2.39.